The molecule has 4 rings (SSSR count). The van der Waals surface area contributed by atoms with Gasteiger partial charge in [-0.15, -0.1) is 0 Å². The Labute approximate surface area is 234 Å². The number of anilines is 1. The average molecular weight is 596 g/mol. The van der Waals surface area contributed by atoms with Crippen molar-refractivity contribution in [3.63, 3.8) is 0 Å². The number of nitrogens with two attached hydrogens (primary N) is 1. The third kappa shape index (κ3) is 6.16. The van der Waals surface area contributed by atoms with Gasteiger partial charge >= 0.3 is 13.7 Å². The quantitative estimate of drug-likeness (QED) is 0.156. The first-order valence-electron chi connectivity index (χ1n) is 12.4. The Bertz CT molecular complexity index is 1460. The van der Waals surface area contributed by atoms with Crippen LogP contribution in [0, 0.1) is 5.82 Å². The summed E-state index contributed by atoms with van der Waals surface area (Å²) in [4.78, 5) is 28.8. The van der Waals surface area contributed by atoms with E-state index >= 15 is 0 Å². The minimum absolute atomic E-state index is 0.00470. The van der Waals surface area contributed by atoms with Crippen LogP contribution in [0.25, 0.3) is 11.2 Å². The fraction of sp³-hybridized carbons (Fsp3) is 0.458. The van der Waals surface area contributed by atoms with E-state index < -0.39 is 56.2 Å². The average Bonchev–Trinajstić information content (AvgIpc) is 3.47. The number of hydrogen-bond acceptors (Lipinski definition) is 13. The molecule has 1 unspecified atom stereocenters. The standard InChI is InChI=1S/C24H31FN7O8P/c1-6-37-20-17-19(29-23(26)30-20)32(12-28-17)22-24(3,27-4)18(33)16(39-22)11-38-41(35,31-13(2)21(34)36-5)40-15-9-7-14(25)8-10-15/h7-10,12-13,16,18,22,33H,4,6,11H2,1-3,5H3,(H,31,35)(H2,26,29,30)/t13-,16+,18+,22+,24+,41?/m0/s1. The summed E-state index contributed by atoms with van der Waals surface area (Å²) < 4.78 is 56.1. The van der Waals surface area contributed by atoms with Crippen LogP contribution >= 0.6 is 7.75 Å². The Hall–Kier alpha value is -3.69. The molecule has 0 saturated carbocycles. The first kappa shape index (κ1) is 30.3. The fourth-order valence-electron chi connectivity index (χ4n) is 4.23. The van der Waals surface area contributed by atoms with Crippen molar-refractivity contribution < 1.29 is 42.1 Å². The van der Waals surface area contributed by atoms with Crippen LogP contribution in [0.3, 0.4) is 0 Å². The van der Waals surface area contributed by atoms with Gasteiger partial charge in [-0.1, -0.05) is 0 Å². The molecule has 17 heteroatoms. The van der Waals surface area contributed by atoms with Gasteiger partial charge in [0.2, 0.25) is 11.8 Å². The Morgan fingerprint density at radius 2 is 2.10 bits per heavy atom. The molecule has 1 aliphatic heterocycles. The third-order valence-corrected chi connectivity index (χ3v) is 8.03. The zero-order valence-corrected chi connectivity index (χ0v) is 23.7. The Morgan fingerprint density at radius 1 is 1.39 bits per heavy atom. The van der Waals surface area contributed by atoms with Gasteiger partial charge in [-0.05, 0) is 51.8 Å². The summed E-state index contributed by atoms with van der Waals surface area (Å²) in [5.74, 6) is -1.18. The minimum Gasteiger partial charge on any atom is -0.476 e. The Balaban J connectivity index is 1.61. The largest absolute Gasteiger partial charge is 0.476 e. The molecule has 15 nitrogen and oxygen atoms in total. The van der Waals surface area contributed by atoms with Crippen LogP contribution in [0.5, 0.6) is 11.6 Å². The SMILES string of the molecule is C=N[C@]1(C)[C@H](O)[C@@H](COP(=O)(N[C@@H](C)C(=O)OC)Oc2ccc(F)cc2)O[C@H]1n1cnc2c(OCC)nc(N)nc21. The second kappa shape index (κ2) is 12.0. The highest BCUT2D eigenvalue weighted by Crippen LogP contribution is 2.48. The van der Waals surface area contributed by atoms with Crippen LogP contribution in [0.4, 0.5) is 10.3 Å². The van der Waals surface area contributed by atoms with E-state index in [-0.39, 0.29) is 23.2 Å². The number of nitrogens with one attached hydrogen (secondary N) is 1. The van der Waals surface area contributed by atoms with Crippen LogP contribution in [-0.4, -0.2) is 81.4 Å². The van der Waals surface area contributed by atoms with Crippen molar-refractivity contribution in [1.29, 1.82) is 0 Å². The van der Waals surface area contributed by atoms with Crippen molar-refractivity contribution in [2.24, 2.45) is 4.99 Å². The van der Waals surface area contributed by atoms with Gasteiger partial charge in [0.1, 0.15) is 35.4 Å². The highest BCUT2D eigenvalue weighted by Gasteiger charge is 2.55. The van der Waals surface area contributed by atoms with E-state index in [0.717, 1.165) is 19.2 Å². The number of nitrogen functional groups attached to an aromatic ring is 1. The molecule has 4 N–H and O–H groups in total. The number of esters is 1. The topological polar surface area (TPSA) is 195 Å². The number of methoxy groups -OCH3 is 1. The number of halogens is 1. The van der Waals surface area contributed by atoms with Crippen molar-refractivity contribution >= 4 is 37.5 Å². The molecule has 1 fully saturated rings. The first-order chi connectivity index (χ1) is 19.4. The van der Waals surface area contributed by atoms with E-state index in [9.17, 15) is 18.9 Å². The molecule has 1 aliphatic rings. The molecule has 1 saturated heterocycles. The van der Waals surface area contributed by atoms with Crippen LogP contribution in [-0.2, 0) is 23.4 Å². The van der Waals surface area contributed by atoms with Crippen molar-refractivity contribution in [3.05, 3.63) is 36.4 Å². The van der Waals surface area contributed by atoms with Gasteiger partial charge < -0.3 is 29.6 Å². The number of aliphatic hydroxyl groups excluding tert-OH is 1. The lowest BCUT2D eigenvalue weighted by Crippen LogP contribution is -2.43. The molecule has 0 bridgehead atoms. The molecule has 0 amide bonds. The summed E-state index contributed by atoms with van der Waals surface area (Å²) in [6, 6.07) is 3.55. The molecule has 3 heterocycles. The lowest BCUT2D eigenvalue weighted by molar-refractivity contribution is -0.142. The second-order valence-electron chi connectivity index (χ2n) is 9.21. The van der Waals surface area contributed by atoms with Crippen LogP contribution in [0.15, 0.2) is 35.6 Å². The number of carbonyl (C=O) groups is 1. The van der Waals surface area contributed by atoms with E-state index in [1.807, 2.05) is 0 Å². The van der Waals surface area contributed by atoms with E-state index in [0.29, 0.717) is 12.1 Å². The molecule has 3 aromatic rings. The minimum atomic E-state index is -4.33. The number of benzene rings is 1. The number of aliphatic imine (C=N–C) groups is 1. The van der Waals surface area contributed by atoms with Crippen LogP contribution < -0.4 is 20.1 Å². The van der Waals surface area contributed by atoms with E-state index in [1.54, 1.807) is 13.8 Å². The molecule has 6 atom stereocenters. The highest BCUT2D eigenvalue weighted by atomic mass is 31.2. The summed E-state index contributed by atoms with van der Waals surface area (Å²) in [5, 5.41) is 13.7. The molecular weight excluding hydrogens is 564 g/mol. The number of nitrogens with zero attached hydrogens (tertiary/aromatic N) is 5. The second-order valence-corrected chi connectivity index (χ2v) is 10.9. The van der Waals surface area contributed by atoms with Gasteiger partial charge in [0.15, 0.2) is 17.4 Å². The molecule has 0 spiro atoms. The summed E-state index contributed by atoms with van der Waals surface area (Å²) >= 11 is 0. The van der Waals surface area contributed by atoms with Crippen LogP contribution in [0.1, 0.15) is 27.0 Å². The normalized spacial score (nSPS) is 24.5. The molecule has 2 aromatic heterocycles. The monoisotopic (exact) mass is 595 g/mol. The smallest absolute Gasteiger partial charge is 0.459 e. The maximum atomic E-state index is 13.7. The molecule has 0 aliphatic carbocycles. The summed E-state index contributed by atoms with van der Waals surface area (Å²) in [5.41, 5.74) is 5.09. The van der Waals surface area contributed by atoms with Gasteiger partial charge in [0.25, 0.3) is 0 Å². The van der Waals surface area contributed by atoms with Gasteiger partial charge in [-0.3, -0.25) is 18.9 Å². The van der Waals surface area contributed by atoms with Crippen molar-refractivity contribution in [2.45, 2.75) is 50.8 Å². The summed E-state index contributed by atoms with van der Waals surface area (Å²) in [6.45, 7) is 8.21. The number of ether oxygens (including phenoxy) is 3. The Kier molecular flexibility index (Phi) is 8.89. The lowest BCUT2D eigenvalue weighted by atomic mass is 9.93. The molecule has 1 aromatic carbocycles. The maximum absolute atomic E-state index is 13.7. The third-order valence-electron chi connectivity index (χ3n) is 6.39. The summed E-state index contributed by atoms with van der Waals surface area (Å²) in [7, 11) is -3.17. The number of hydrogen-bond donors (Lipinski definition) is 3. The zero-order valence-electron chi connectivity index (χ0n) is 22.8. The number of carbonyl (C=O) groups excluding carboxylic acids is 1. The van der Waals surface area contributed by atoms with E-state index in [2.05, 4.69) is 36.5 Å². The first-order valence-corrected chi connectivity index (χ1v) is 14.0. The zero-order chi connectivity index (χ0) is 29.9. The number of fused-ring (bicyclic) bond motifs is 1. The van der Waals surface area contributed by atoms with E-state index in [1.165, 1.54) is 30.0 Å². The number of rotatable bonds is 12. The number of aromatic nitrogens is 4. The molecular formula is C24H31FN7O8P. The highest BCUT2D eigenvalue weighted by molar-refractivity contribution is 7.52. The van der Waals surface area contributed by atoms with Crippen molar-refractivity contribution in [2.75, 3.05) is 26.1 Å². The van der Waals surface area contributed by atoms with Gasteiger partial charge in [0.05, 0.1) is 26.7 Å². The van der Waals surface area contributed by atoms with E-state index in [4.69, 9.17) is 24.3 Å². The van der Waals surface area contributed by atoms with Crippen molar-refractivity contribution in [3.8, 4) is 11.6 Å². The maximum Gasteiger partial charge on any atom is 0.459 e. The molecule has 222 valence electrons. The summed E-state index contributed by atoms with van der Waals surface area (Å²) in [6.07, 6.45) is -2.06. The number of imidazole rings is 1. The predicted molar refractivity (Wildman–Crippen MR) is 144 cm³/mol. The van der Waals surface area contributed by atoms with Gasteiger partial charge in [-0.2, -0.15) is 15.1 Å². The molecule has 0 radical (unpaired) electrons. The molecule has 41 heavy (non-hydrogen) atoms. The lowest BCUT2D eigenvalue weighted by Gasteiger charge is -2.28. The fourth-order valence-corrected chi connectivity index (χ4v) is 5.73. The van der Waals surface area contributed by atoms with Gasteiger partial charge in [-0.25, -0.2) is 13.9 Å². The number of aliphatic hydroxyl groups is 1. The Morgan fingerprint density at radius 3 is 2.73 bits per heavy atom. The van der Waals surface area contributed by atoms with Crippen molar-refractivity contribution in [1.82, 2.24) is 24.6 Å². The van der Waals surface area contributed by atoms with Gasteiger partial charge in [0, 0.05) is 0 Å². The van der Waals surface area contributed by atoms with Crippen LogP contribution in [0.2, 0.25) is 0 Å². The predicted octanol–water partition coefficient (Wildman–Crippen LogP) is 2.02.